The van der Waals surface area contributed by atoms with Crippen molar-refractivity contribution >= 4 is 63.2 Å². The normalized spacial score (nSPS) is 10.8. The van der Waals surface area contributed by atoms with Crippen molar-refractivity contribution in [1.82, 2.24) is 14.8 Å². The van der Waals surface area contributed by atoms with E-state index in [1.807, 2.05) is 41.1 Å². The average molecular weight is 574 g/mol. The van der Waals surface area contributed by atoms with E-state index in [-0.39, 0.29) is 11.7 Å². The Kier molecular flexibility index (Phi) is 8.71. The summed E-state index contributed by atoms with van der Waals surface area (Å²) in [7, 11) is 1.32. The number of rotatable bonds is 9. The molecule has 0 bridgehead atoms. The molecule has 190 valence electrons. The second-order valence-corrected chi connectivity index (χ2v) is 10.5. The molecule has 0 aliphatic rings. The van der Waals surface area contributed by atoms with Crippen molar-refractivity contribution in [2.75, 3.05) is 18.2 Å². The van der Waals surface area contributed by atoms with Gasteiger partial charge in [0.2, 0.25) is 5.91 Å². The van der Waals surface area contributed by atoms with Crippen molar-refractivity contribution in [2.45, 2.75) is 18.6 Å². The molecular formula is C26H22Cl2N4O3S2. The van der Waals surface area contributed by atoms with E-state index in [0.717, 1.165) is 16.7 Å². The number of halogens is 2. The Labute approximate surface area is 232 Å². The van der Waals surface area contributed by atoms with Gasteiger partial charge >= 0.3 is 5.97 Å². The molecule has 0 saturated carbocycles. The quantitative estimate of drug-likeness (QED) is 0.132. The number of amides is 1. The van der Waals surface area contributed by atoms with E-state index in [4.69, 9.17) is 27.9 Å². The molecule has 11 heteroatoms. The number of ether oxygens (including phenoxy) is 1. The van der Waals surface area contributed by atoms with Gasteiger partial charge in [-0.1, -0.05) is 70.9 Å². The maximum absolute atomic E-state index is 12.9. The maximum atomic E-state index is 12.9. The number of carbonyl (C=O) groups excluding carboxylic acids is 2. The maximum Gasteiger partial charge on any atom is 0.341 e. The molecule has 0 fully saturated rings. The van der Waals surface area contributed by atoms with Gasteiger partial charge in [-0.15, -0.1) is 28.1 Å². The van der Waals surface area contributed by atoms with Gasteiger partial charge in [-0.05, 0) is 30.7 Å². The third kappa shape index (κ3) is 6.07. The minimum atomic E-state index is -0.517. The summed E-state index contributed by atoms with van der Waals surface area (Å²) in [4.78, 5) is 25.5. The third-order valence-electron chi connectivity index (χ3n) is 5.33. The number of methoxy groups -OCH3 is 1. The van der Waals surface area contributed by atoms with E-state index in [9.17, 15) is 9.59 Å². The predicted molar refractivity (Wildman–Crippen MR) is 151 cm³/mol. The Hall–Kier alpha value is -3.11. The second-order valence-electron chi connectivity index (χ2n) is 7.88. The summed E-state index contributed by atoms with van der Waals surface area (Å²) < 4.78 is 6.84. The predicted octanol–water partition coefficient (Wildman–Crippen LogP) is 6.99. The first kappa shape index (κ1) is 26.9. The molecular weight excluding hydrogens is 551 g/mol. The minimum absolute atomic E-state index is 0.0506. The number of nitrogens with zero attached hydrogens (tertiary/aromatic N) is 3. The van der Waals surface area contributed by atoms with Crippen LogP contribution in [0, 0.1) is 6.92 Å². The molecule has 2 aromatic carbocycles. The molecule has 0 unspecified atom stereocenters. The minimum Gasteiger partial charge on any atom is -0.465 e. The van der Waals surface area contributed by atoms with Gasteiger partial charge in [-0.3, -0.25) is 9.36 Å². The van der Waals surface area contributed by atoms with Crippen molar-refractivity contribution in [3.8, 4) is 22.5 Å². The molecule has 2 aromatic heterocycles. The number of aromatic nitrogens is 3. The Bertz CT molecular complexity index is 1470. The molecule has 4 rings (SSSR count). The van der Waals surface area contributed by atoms with E-state index >= 15 is 0 Å². The zero-order valence-electron chi connectivity index (χ0n) is 20.0. The first-order chi connectivity index (χ1) is 17.8. The number of aryl methyl sites for hydroxylation is 1. The molecule has 0 spiro atoms. The van der Waals surface area contributed by atoms with Crippen molar-refractivity contribution in [1.29, 1.82) is 0 Å². The fourth-order valence-corrected chi connectivity index (χ4v) is 5.55. The van der Waals surface area contributed by atoms with Crippen LogP contribution in [0.1, 0.15) is 15.9 Å². The molecule has 37 heavy (non-hydrogen) atoms. The molecule has 1 amide bonds. The van der Waals surface area contributed by atoms with Crippen LogP contribution in [0.2, 0.25) is 10.0 Å². The third-order valence-corrected chi connectivity index (χ3v) is 7.94. The van der Waals surface area contributed by atoms with Crippen LogP contribution in [-0.4, -0.2) is 39.5 Å². The zero-order valence-corrected chi connectivity index (χ0v) is 23.1. The van der Waals surface area contributed by atoms with Crippen LogP contribution >= 0.6 is 46.3 Å². The van der Waals surface area contributed by atoms with E-state index in [1.165, 1.54) is 30.2 Å². The second kappa shape index (κ2) is 12.0. The van der Waals surface area contributed by atoms with Gasteiger partial charge < -0.3 is 10.1 Å². The summed E-state index contributed by atoms with van der Waals surface area (Å²) in [6, 6.07) is 13.0. The standard InChI is InChI=1S/C26H22Cl2N4O3S2/c1-4-11-32-23(17-9-10-19(27)20(28)12-17)30-31-26(32)37-14-21(33)29-24-22(25(34)35-3)18(13-36-24)16-7-5-15(2)6-8-16/h4-10,12-13H,1,11,14H2,2-3H3,(H,29,33). The number of esters is 1. The molecule has 1 N–H and O–H groups in total. The number of carbonyl (C=O) groups is 2. The van der Waals surface area contributed by atoms with Crippen LogP contribution in [0.25, 0.3) is 22.5 Å². The van der Waals surface area contributed by atoms with Gasteiger partial charge in [0.1, 0.15) is 10.6 Å². The Morgan fingerprint density at radius 2 is 1.86 bits per heavy atom. The summed E-state index contributed by atoms with van der Waals surface area (Å²) in [6.07, 6.45) is 1.72. The molecule has 0 aliphatic heterocycles. The number of thiophene rings is 1. The number of benzene rings is 2. The summed E-state index contributed by atoms with van der Waals surface area (Å²) >= 11 is 14.7. The van der Waals surface area contributed by atoms with Crippen LogP contribution < -0.4 is 5.32 Å². The highest BCUT2D eigenvalue weighted by Gasteiger charge is 2.23. The van der Waals surface area contributed by atoms with Gasteiger partial charge in [-0.2, -0.15) is 0 Å². The molecule has 0 aliphatic carbocycles. The summed E-state index contributed by atoms with van der Waals surface area (Å²) in [5, 5.41) is 15.0. The summed E-state index contributed by atoms with van der Waals surface area (Å²) in [5.74, 6) is -0.182. The fraction of sp³-hybridized carbons (Fsp3) is 0.154. The van der Waals surface area contributed by atoms with Gasteiger partial charge in [0, 0.05) is 23.1 Å². The number of hydrogen-bond acceptors (Lipinski definition) is 7. The first-order valence-corrected chi connectivity index (χ1v) is 13.6. The van der Waals surface area contributed by atoms with Crippen molar-refractivity contribution in [3.05, 3.63) is 81.7 Å². The van der Waals surface area contributed by atoms with Crippen LogP contribution in [0.15, 0.2) is 65.7 Å². The fourth-order valence-electron chi connectivity index (χ4n) is 3.53. The van der Waals surface area contributed by atoms with Crippen molar-refractivity contribution in [2.24, 2.45) is 0 Å². The topological polar surface area (TPSA) is 86.1 Å². The highest BCUT2D eigenvalue weighted by molar-refractivity contribution is 7.99. The highest BCUT2D eigenvalue weighted by Crippen LogP contribution is 2.36. The average Bonchev–Trinajstić information content (AvgIpc) is 3.49. The molecule has 0 radical (unpaired) electrons. The van der Waals surface area contributed by atoms with Gasteiger partial charge in [0.15, 0.2) is 11.0 Å². The smallest absolute Gasteiger partial charge is 0.341 e. The summed E-state index contributed by atoms with van der Waals surface area (Å²) in [6.45, 7) is 6.23. The zero-order chi connectivity index (χ0) is 26.5. The van der Waals surface area contributed by atoms with Gasteiger partial charge in [0.05, 0.1) is 22.9 Å². The van der Waals surface area contributed by atoms with Crippen LogP contribution in [0.4, 0.5) is 5.00 Å². The van der Waals surface area contributed by atoms with E-state index < -0.39 is 5.97 Å². The Morgan fingerprint density at radius 1 is 1.14 bits per heavy atom. The lowest BCUT2D eigenvalue weighted by Gasteiger charge is -2.09. The summed E-state index contributed by atoms with van der Waals surface area (Å²) in [5.41, 5.74) is 3.74. The van der Waals surface area contributed by atoms with E-state index in [1.54, 1.807) is 24.3 Å². The number of thioether (sulfide) groups is 1. The van der Waals surface area contributed by atoms with Crippen molar-refractivity contribution < 1.29 is 14.3 Å². The van der Waals surface area contributed by atoms with Crippen LogP contribution in [0.5, 0.6) is 0 Å². The molecule has 7 nitrogen and oxygen atoms in total. The Balaban J connectivity index is 1.53. The lowest BCUT2D eigenvalue weighted by Crippen LogP contribution is -2.16. The molecule has 2 heterocycles. The van der Waals surface area contributed by atoms with Crippen molar-refractivity contribution in [3.63, 3.8) is 0 Å². The number of anilines is 1. The monoisotopic (exact) mass is 572 g/mol. The SMILES string of the molecule is C=CCn1c(SCC(=O)Nc2scc(-c3ccc(C)cc3)c2C(=O)OC)nnc1-c1ccc(Cl)c(Cl)c1. The van der Waals surface area contributed by atoms with Gasteiger partial charge in [-0.25, -0.2) is 4.79 Å². The lowest BCUT2D eigenvalue weighted by molar-refractivity contribution is -0.113. The van der Waals surface area contributed by atoms with Crippen LogP contribution in [-0.2, 0) is 16.1 Å². The molecule has 4 aromatic rings. The largest absolute Gasteiger partial charge is 0.465 e. The Morgan fingerprint density at radius 3 is 2.54 bits per heavy atom. The van der Waals surface area contributed by atoms with E-state index in [2.05, 4.69) is 22.1 Å². The van der Waals surface area contributed by atoms with Crippen LogP contribution in [0.3, 0.4) is 0 Å². The van der Waals surface area contributed by atoms with E-state index in [0.29, 0.717) is 43.7 Å². The number of nitrogens with one attached hydrogen (secondary N) is 1. The molecule has 0 saturated heterocycles. The number of hydrogen-bond donors (Lipinski definition) is 1. The molecule has 0 atom stereocenters. The number of allylic oxidation sites excluding steroid dienone is 1. The van der Waals surface area contributed by atoms with Gasteiger partial charge in [0.25, 0.3) is 0 Å². The highest BCUT2D eigenvalue weighted by atomic mass is 35.5. The first-order valence-electron chi connectivity index (χ1n) is 11.0. The lowest BCUT2D eigenvalue weighted by atomic mass is 10.0.